The van der Waals surface area contributed by atoms with Crippen LogP contribution in [-0.4, -0.2) is 16.9 Å². The lowest BCUT2D eigenvalue weighted by Gasteiger charge is -2.09. The Kier molecular flexibility index (Phi) is 4.34. The van der Waals surface area contributed by atoms with Gasteiger partial charge in [0.2, 0.25) is 0 Å². The van der Waals surface area contributed by atoms with Gasteiger partial charge in [0.05, 0.1) is 15.2 Å². The third-order valence-electron chi connectivity index (χ3n) is 2.18. The molecule has 0 radical (unpaired) electrons. The fraction of sp³-hybridized carbons (Fsp3) is 0.231. The Morgan fingerprint density at radius 3 is 2.72 bits per heavy atom. The molecule has 2 heterocycles. The SMILES string of the molecule is CC(C)Oc1cncc(C(=O)c2csc(I)c2)c1. The van der Waals surface area contributed by atoms with Gasteiger partial charge in [-0.3, -0.25) is 9.78 Å². The van der Waals surface area contributed by atoms with Crippen LogP contribution < -0.4 is 4.74 Å². The first-order valence-corrected chi connectivity index (χ1v) is 7.42. The van der Waals surface area contributed by atoms with Crippen LogP contribution in [0.3, 0.4) is 0 Å². The Bertz CT molecular complexity index is 566. The third-order valence-corrected chi connectivity index (χ3v) is 3.97. The minimum Gasteiger partial charge on any atom is -0.489 e. The quantitative estimate of drug-likeness (QED) is 0.605. The lowest BCUT2D eigenvalue weighted by Crippen LogP contribution is -2.07. The van der Waals surface area contributed by atoms with Crippen LogP contribution >= 0.6 is 33.9 Å². The molecule has 0 saturated carbocycles. The molecule has 0 aromatic carbocycles. The van der Waals surface area contributed by atoms with Crippen LogP contribution in [0.5, 0.6) is 5.75 Å². The molecule has 18 heavy (non-hydrogen) atoms. The highest BCUT2D eigenvalue weighted by Crippen LogP contribution is 2.21. The Morgan fingerprint density at radius 2 is 2.11 bits per heavy atom. The van der Waals surface area contributed by atoms with E-state index in [0.29, 0.717) is 16.9 Å². The molecule has 0 unspecified atom stereocenters. The molecular formula is C13H12INO2S. The number of hydrogen-bond donors (Lipinski definition) is 0. The van der Waals surface area contributed by atoms with E-state index < -0.39 is 0 Å². The van der Waals surface area contributed by atoms with Gasteiger partial charge in [-0.15, -0.1) is 11.3 Å². The topological polar surface area (TPSA) is 39.2 Å². The van der Waals surface area contributed by atoms with Crippen molar-refractivity contribution in [1.29, 1.82) is 0 Å². The number of aromatic nitrogens is 1. The van der Waals surface area contributed by atoms with E-state index in [-0.39, 0.29) is 11.9 Å². The fourth-order valence-electron chi connectivity index (χ4n) is 1.48. The standard InChI is InChI=1S/C13H12INO2S/c1-8(2)17-11-3-9(5-15-6-11)13(16)10-4-12(14)18-7-10/h3-8H,1-2H3. The van der Waals surface area contributed by atoms with E-state index in [9.17, 15) is 4.79 Å². The maximum Gasteiger partial charge on any atom is 0.195 e. The van der Waals surface area contributed by atoms with Crippen molar-refractivity contribution in [3.63, 3.8) is 0 Å². The van der Waals surface area contributed by atoms with E-state index in [2.05, 4.69) is 27.6 Å². The predicted octanol–water partition coefficient (Wildman–Crippen LogP) is 3.77. The summed E-state index contributed by atoms with van der Waals surface area (Å²) < 4.78 is 6.63. The van der Waals surface area contributed by atoms with E-state index in [0.717, 1.165) is 2.88 Å². The summed E-state index contributed by atoms with van der Waals surface area (Å²) in [6.45, 7) is 3.88. The zero-order valence-electron chi connectivity index (χ0n) is 10.0. The van der Waals surface area contributed by atoms with Crippen molar-refractivity contribution >= 4 is 39.7 Å². The molecule has 3 nitrogen and oxygen atoms in total. The molecule has 0 aliphatic carbocycles. The summed E-state index contributed by atoms with van der Waals surface area (Å²) in [5.41, 5.74) is 1.26. The summed E-state index contributed by atoms with van der Waals surface area (Å²) in [7, 11) is 0. The van der Waals surface area contributed by atoms with Crippen LogP contribution in [-0.2, 0) is 0 Å². The molecule has 0 aliphatic rings. The average molecular weight is 373 g/mol. The van der Waals surface area contributed by atoms with E-state index in [1.165, 1.54) is 0 Å². The first-order valence-electron chi connectivity index (χ1n) is 5.46. The smallest absolute Gasteiger partial charge is 0.195 e. The summed E-state index contributed by atoms with van der Waals surface area (Å²) in [6.07, 6.45) is 3.26. The van der Waals surface area contributed by atoms with Gasteiger partial charge in [-0.2, -0.15) is 0 Å². The van der Waals surface area contributed by atoms with Gasteiger partial charge in [0, 0.05) is 22.7 Å². The lowest BCUT2D eigenvalue weighted by molar-refractivity contribution is 0.103. The second kappa shape index (κ2) is 5.79. The first-order chi connectivity index (χ1) is 8.56. The number of hydrogen-bond acceptors (Lipinski definition) is 4. The maximum absolute atomic E-state index is 12.2. The monoisotopic (exact) mass is 373 g/mol. The van der Waals surface area contributed by atoms with Crippen molar-refractivity contribution in [2.45, 2.75) is 20.0 Å². The summed E-state index contributed by atoms with van der Waals surface area (Å²) in [5.74, 6) is 0.608. The second-order valence-electron chi connectivity index (χ2n) is 4.04. The highest BCUT2D eigenvalue weighted by atomic mass is 127. The van der Waals surface area contributed by atoms with E-state index in [1.54, 1.807) is 29.8 Å². The minimum atomic E-state index is -0.0177. The highest BCUT2D eigenvalue weighted by molar-refractivity contribution is 14.1. The van der Waals surface area contributed by atoms with Crippen LogP contribution in [0.2, 0.25) is 0 Å². The Hall–Kier alpha value is -0.950. The number of ether oxygens (including phenoxy) is 1. The molecule has 0 bridgehead atoms. The fourth-order valence-corrected chi connectivity index (χ4v) is 2.80. The van der Waals surface area contributed by atoms with Crippen molar-refractivity contribution in [1.82, 2.24) is 4.98 Å². The second-order valence-corrected chi connectivity index (χ2v) is 6.85. The van der Waals surface area contributed by atoms with E-state index >= 15 is 0 Å². The highest BCUT2D eigenvalue weighted by Gasteiger charge is 2.12. The molecule has 0 N–H and O–H groups in total. The molecule has 5 heteroatoms. The third kappa shape index (κ3) is 3.29. The van der Waals surface area contributed by atoms with Crippen molar-refractivity contribution in [2.24, 2.45) is 0 Å². The van der Waals surface area contributed by atoms with E-state index in [1.807, 2.05) is 25.3 Å². The van der Waals surface area contributed by atoms with Crippen LogP contribution in [0.4, 0.5) is 0 Å². The maximum atomic E-state index is 12.2. The van der Waals surface area contributed by atoms with Gasteiger partial charge in [0.1, 0.15) is 5.75 Å². The average Bonchev–Trinajstić information content (AvgIpc) is 2.74. The first kappa shape index (κ1) is 13.5. The lowest BCUT2D eigenvalue weighted by atomic mass is 10.1. The number of thiophene rings is 1. The van der Waals surface area contributed by atoms with Gasteiger partial charge >= 0.3 is 0 Å². The zero-order valence-corrected chi connectivity index (χ0v) is 13.0. The molecule has 0 atom stereocenters. The van der Waals surface area contributed by atoms with Crippen LogP contribution in [0.1, 0.15) is 29.8 Å². The molecule has 0 amide bonds. The van der Waals surface area contributed by atoms with Gasteiger partial charge in [0.15, 0.2) is 5.78 Å². The number of ketones is 1. The molecule has 0 aliphatic heterocycles. The number of pyridine rings is 1. The molecule has 94 valence electrons. The molecule has 0 spiro atoms. The largest absolute Gasteiger partial charge is 0.489 e. The molecule has 2 aromatic heterocycles. The van der Waals surface area contributed by atoms with Gasteiger partial charge < -0.3 is 4.74 Å². The Labute approximate surface area is 123 Å². The summed E-state index contributed by atoms with van der Waals surface area (Å²) in [5, 5.41) is 1.86. The Morgan fingerprint density at radius 1 is 1.33 bits per heavy atom. The summed E-state index contributed by atoms with van der Waals surface area (Å²) >= 11 is 3.76. The van der Waals surface area contributed by atoms with Crippen LogP contribution in [0.15, 0.2) is 29.9 Å². The molecule has 0 saturated heterocycles. The van der Waals surface area contributed by atoms with Gasteiger partial charge in [-0.25, -0.2) is 0 Å². The number of halogens is 1. The van der Waals surface area contributed by atoms with E-state index in [4.69, 9.17) is 4.74 Å². The number of carbonyl (C=O) groups excluding carboxylic acids is 1. The van der Waals surface area contributed by atoms with Crippen molar-refractivity contribution in [3.05, 3.63) is 43.9 Å². The summed E-state index contributed by atoms with van der Waals surface area (Å²) in [4.78, 5) is 16.3. The van der Waals surface area contributed by atoms with Crippen LogP contribution in [0.25, 0.3) is 0 Å². The van der Waals surface area contributed by atoms with Gasteiger partial charge in [0.25, 0.3) is 0 Å². The predicted molar refractivity (Wildman–Crippen MR) is 80.5 cm³/mol. The number of rotatable bonds is 4. The minimum absolute atomic E-state index is 0.0177. The number of carbonyl (C=O) groups is 1. The Balaban J connectivity index is 2.25. The van der Waals surface area contributed by atoms with Crippen LogP contribution in [0, 0.1) is 2.88 Å². The van der Waals surface area contributed by atoms with Crippen molar-refractivity contribution < 1.29 is 9.53 Å². The summed E-state index contributed by atoms with van der Waals surface area (Å²) in [6, 6.07) is 3.61. The van der Waals surface area contributed by atoms with Gasteiger partial charge in [-0.1, -0.05) is 0 Å². The van der Waals surface area contributed by atoms with Crippen molar-refractivity contribution in [3.8, 4) is 5.75 Å². The zero-order chi connectivity index (χ0) is 13.1. The molecule has 0 fully saturated rings. The molecular weight excluding hydrogens is 361 g/mol. The van der Waals surface area contributed by atoms with Gasteiger partial charge in [-0.05, 0) is 48.6 Å². The molecule has 2 aromatic rings. The molecule has 2 rings (SSSR count). The number of nitrogens with zero attached hydrogens (tertiary/aromatic N) is 1. The van der Waals surface area contributed by atoms with Crippen molar-refractivity contribution in [2.75, 3.05) is 0 Å². The normalized spacial score (nSPS) is 10.7.